The number of aromatic hydroxyl groups is 1. The van der Waals surface area contributed by atoms with Crippen LogP contribution in [0.25, 0.3) is 0 Å². The fourth-order valence-corrected chi connectivity index (χ4v) is 9.07. The van der Waals surface area contributed by atoms with Gasteiger partial charge < -0.3 is 5.11 Å². The number of benzene rings is 2. The predicted octanol–water partition coefficient (Wildman–Crippen LogP) is 6.29. The van der Waals surface area contributed by atoms with E-state index in [0.29, 0.717) is 17.5 Å². The molecule has 6 unspecified atom stereocenters. The Hall–Kier alpha value is -3.82. The van der Waals surface area contributed by atoms with E-state index in [9.17, 15) is 28.7 Å². The first kappa shape index (κ1) is 28.9. The second-order valence-corrected chi connectivity index (χ2v) is 14.0. The molecule has 0 spiro atoms. The van der Waals surface area contributed by atoms with Gasteiger partial charge in [-0.15, -0.1) is 11.3 Å². The van der Waals surface area contributed by atoms with Gasteiger partial charge in [0.05, 0.1) is 40.4 Å². The number of rotatable bonds is 4. The number of carbonyl (C=O) groups excluding carboxylic acids is 4. The number of halogens is 2. The lowest BCUT2D eigenvalue weighted by Gasteiger charge is -2.49. The summed E-state index contributed by atoms with van der Waals surface area (Å²) in [6.07, 6.45) is 2.58. The van der Waals surface area contributed by atoms with Crippen LogP contribution in [0.1, 0.15) is 47.3 Å². The fourth-order valence-electron chi connectivity index (χ4n) is 8.20. The number of carbonyl (C=O) groups is 4. The standard InChI is InChI=1S/C34H30ClFN2O5S/c1-16-11-18(12-17(2)29(16)39)28-21-7-8-22-27(32(42)37(30(22)40)15-20-5-4-10-44-20)23(21)14-24-31(41)38(33(43)34(24,28)3)19-6-9-26(36)25(35)13-19/h4-7,9-13,22-24,27-28,39H,8,14-15H2,1-3H3. The van der Waals surface area contributed by atoms with Crippen molar-refractivity contribution in [3.63, 3.8) is 0 Å². The van der Waals surface area contributed by atoms with Crippen LogP contribution in [-0.2, 0) is 25.7 Å². The van der Waals surface area contributed by atoms with Crippen molar-refractivity contribution in [2.75, 3.05) is 4.90 Å². The van der Waals surface area contributed by atoms with E-state index in [0.717, 1.165) is 27.0 Å². The Morgan fingerprint density at radius 1 is 1.02 bits per heavy atom. The monoisotopic (exact) mass is 632 g/mol. The van der Waals surface area contributed by atoms with Crippen molar-refractivity contribution in [3.8, 4) is 5.75 Å². The number of amides is 4. The summed E-state index contributed by atoms with van der Waals surface area (Å²) in [5.41, 5.74) is 1.82. The van der Waals surface area contributed by atoms with E-state index in [2.05, 4.69) is 0 Å². The molecule has 3 aromatic rings. The second kappa shape index (κ2) is 10.1. The Kier molecular flexibility index (Phi) is 6.64. The highest BCUT2D eigenvalue weighted by Crippen LogP contribution is 2.64. The van der Waals surface area contributed by atoms with Crippen molar-refractivity contribution >= 4 is 52.3 Å². The molecule has 6 atom stereocenters. The van der Waals surface area contributed by atoms with Gasteiger partial charge in [-0.25, -0.2) is 9.29 Å². The van der Waals surface area contributed by atoms with Gasteiger partial charge in [-0.2, -0.15) is 0 Å². The summed E-state index contributed by atoms with van der Waals surface area (Å²) < 4.78 is 14.1. The van der Waals surface area contributed by atoms with Crippen LogP contribution in [0.2, 0.25) is 5.02 Å². The lowest BCUT2D eigenvalue weighted by molar-refractivity contribution is -0.141. The zero-order valence-electron chi connectivity index (χ0n) is 24.3. The number of hydrogen-bond donors (Lipinski definition) is 1. The highest BCUT2D eigenvalue weighted by Gasteiger charge is 2.67. The molecule has 4 amide bonds. The zero-order valence-corrected chi connectivity index (χ0v) is 25.9. The van der Waals surface area contributed by atoms with Crippen LogP contribution < -0.4 is 4.90 Å². The molecule has 0 bridgehead atoms. The molecular weight excluding hydrogens is 603 g/mol. The maximum atomic E-state index is 14.5. The van der Waals surface area contributed by atoms with Crippen LogP contribution in [0, 0.1) is 48.8 Å². The molecule has 2 saturated heterocycles. The number of hydrogen-bond acceptors (Lipinski definition) is 6. The molecule has 226 valence electrons. The van der Waals surface area contributed by atoms with Gasteiger partial charge in [0.2, 0.25) is 23.6 Å². The largest absolute Gasteiger partial charge is 0.507 e. The topological polar surface area (TPSA) is 95.0 Å². The summed E-state index contributed by atoms with van der Waals surface area (Å²) in [6, 6.07) is 11.2. The van der Waals surface area contributed by atoms with Crippen molar-refractivity contribution in [3.05, 3.63) is 91.9 Å². The number of likely N-dealkylation sites (tertiary alicyclic amines) is 1. The lowest BCUT2D eigenvalue weighted by Crippen LogP contribution is -2.48. The molecule has 44 heavy (non-hydrogen) atoms. The first-order chi connectivity index (χ1) is 20.9. The smallest absolute Gasteiger partial charge is 0.241 e. The van der Waals surface area contributed by atoms with Crippen LogP contribution in [0.15, 0.2) is 59.5 Å². The highest BCUT2D eigenvalue weighted by molar-refractivity contribution is 7.09. The number of nitrogens with zero attached hydrogens (tertiary/aromatic N) is 2. The van der Waals surface area contributed by atoms with E-state index >= 15 is 0 Å². The molecule has 7 rings (SSSR count). The first-order valence-electron chi connectivity index (χ1n) is 14.6. The van der Waals surface area contributed by atoms with E-state index < -0.39 is 52.6 Å². The van der Waals surface area contributed by atoms with E-state index in [-0.39, 0.29) is 41.2 Å². The maximum absolute atomic E-state index is 14.5. The van der Waals surface area contributed by atoms with Crippen LogP contribution >= 0.6 is 22.9 Å². The van der Waals surface area contributed by atoms with Crippen molar-refractivity contribution in [1.82, 2.24) is 4.90 Å². The van der Waals surface area contributed by atoms with Gasteiger partial charge in [0.1, 0.15) is 11.6 Å². The number of phenols is 1. The molecule has 1 N–H and O–H groups in total. The Bertz CT molecular complexity index is 1780. The van der Waals surface area contributed by atoms with Crippen molar-refractivity contribution < 1.29 is 28.7 Å². The quantitative estimate of drug-likeness (QED) is 0.269. The minimum Gasteiger partial charge on any atom is -0.507 e. The molecule has 1 saturated carbocycles. The number of allylic oxidation sites excluding steroid dienone is 2. The Morgan fingerprint density at radius 2 is 1.75 bits per heavy atom. The lowest BCUT2D eigenvalue weighted by atomic mass is 9.51. The van der Waals surface area contributed by atoms with E-state index in [1.165, 1.54) is 28.4 Å². The molecule has 4 aliphatic rings. The van der Waals surface area contributed by atoms with Gasteiger partial charge in [-0.05, 0) is 85.9 Å². The van der Waals surface area contributed by atoms with Crippen molar-refractivity contribution in [2.45, 2.75) is 46.1 Å². The van der Waals surface area contributed by atoms with Crippen molar-refractivity contribution in [1.29, 1.82) is 0 Å². The van der Waals surface area contributed by atoms with Crippen LogP contribution in [0.3, 0.4) is 0 Å². The Balaban J connectivity index is 1.37. The molecule has 2 aliphatic carbocycles. The third-order valence-electron chi connectivity index (χ3n) is 10.3. The van der Waals surface area contributed by atoms with Crippen molar-refractivity contribution in [2.24, 2.45) is 29.1 Å². The third-order valence-corrected chi connectivity index (χ3v) is 11.4. The molecular formula is C34H30ClFN2O5S. The minimum atomic E-state index is -1.24. The first-order valence-corrected chi connectivity index (χ1v) is 15.9. The average Bonchev–Trinajstić information content (AvgIpc) is 3.64. The molecule has 3 fully saturated rings. The normalized spacial score (nSPS) is 29.6. The summed E-state index contributed by atoms with van der Waals surface area (Å²) in [7, 11) is 0. The zero-order chi connectivity index (χ0) is 31.2. The molecule has 1 aromatic heterocycles. The number of imide groups is 2. The fraction of sp³-hybridized carbons (Fsp3) is 0.353. The SMILES string of the molecule is Cc1cc(C2C3=CCC4C(=O)N(Cc5cccs5)C(=O)C4C3CC3C(=O)N(c4ccc(F)c(Cl)c4)C(=O)C32C)cc(C)c1O. The summed E-state index contributed by atoms with van der Waals surface area (Å²) in [5.74, 6) is -4.87. The minimum absolute atomic E-state index is 0.151. The van der Waals surface area contributed by atoms with E-state index in [1.54, 1.807) is 20.8 Å². The van der Waals surface area contributed by atoms with Gasteiger partial charge in [-0.3, -0.25) is 24.1 Å². The summed E-state index contributed by atoms with van der Waals surface area (Å²) >= 11 is 7.56. The molecule has 2 aromatic carbocycles. The summed E-state index contributed by atoms with van der Waals surface area (Å²) in [6.45, 7) is 5.57. The number of thiophene rings is 1. The maximum Gasteiger partial charge on any atom is 0.241 e. The molecule has 2 aliphatic heterocycles. The van der Waals surface area contributed by atoms with E-state index in [4.69, 9.17) is 11.6 Å². The van der Waals surface area contributed by atoms with Crippen LogP contribution in [0.5, 0.6) is 5.75 Å². The van der Waals surface area contributed by atoms with Gasteiger partial charge in [0.25, 0.3) is 0 Å². The number of aryl methyl sites for hydroxylation is 2. The molecule has 10 heteroatoms. The number of phenolic OH excluding ortho intramolecular Hbond substituents is 1. The van der Waals surface area contributed by atoms with Gasteiger partial charge in [0, 0.05) is 10.8 Å². The van der Waals surface area contributed by atoms with Crippen LogP contribution in [-0.4, -0.2) is 33.6 Å². The van der Waals surface area contributed by atoms with Gasteiger partial charge in [-0.1, -0.05) is 41.4 Å². The number of fused-ring (bicyclic) bond motifs is 4. The van der Waals surface area contributed by atoms with Crippen LogP contribution in [0.4, 0.5) is 10.1 Å². The summed E-state index contributed by atoms with van der Waals surface area (Å²) in [4.78, 5) is 59.8. The average molecular weight is 633 g/mol. The highest BCUT2D eigenvalue weighted by atomic mass is 35.5. The Labute approximate surface area is 262 Å². The molecule has 0 radical (unpaired) electrons. The summed E-state index contributed by atoms with van der Waals surface area (Å²) in [5, 5.41) is 12.3. The second-order valence-electron chi connectivity index (χ2n) is 12.6. The molecule has 3 heterocycles. The van der Waals surface area contributed by atoms with E-state index in [1.807, 2.05) is 35.7 Å². The third kappa shape index (κ3) is 3.98. The Morgan fingerprint density at radius 3 is 2.41 bits per heavy atom. The van der Waals surface area contributed by atoms with Gasteiger partial charge >= 0.3 is 0 Å². The predicted molar refractivity (Wildman–Crippen MR) is 163 cm³/mol. The molecule has 7 nitrogen and oxygen atoms in total. The van der Waals surface area contributed by atoms with Gasteiger partial charge in [0.15, 0.2) is 0 Å². The number of anilines is 1.